The monoisotopic (exact) mass is 623 g/mol. The van der Waals surface area contributed by atoms with Crippen LogP contribution in [0.4, 0.5) is 5.69 Å². The van der Waals surface area contributed by atoms with Gasteiger partial charge in [-0.05, 0) is 43.2 Å². The molecule has 1 aromatic heterocycles. The lowest BCUT2D eigenvalue weighted by atomic mass is 9.95. The highest BCUT2D eigenvalue weighted by Crippen LogP contribution is 2.38. The van der Waals surface area contributed by atoms with Crippen molar-refractivity contribution >= 4 is 40.4 Å². The number of amides is 1. The summed E-state index contributed by atoms with van der Waals surface area (Å²) in [7, 11) is 1.43. The van der Waals surface area contributed by atoms with Crippen LogP contribution < -0.4 is 29.3 Å². The van der Waals surface area contributed by atoms with E-state index in [1.54, 1.807) is 36.9 Å². The number of methoxy groups -OCH3 is 1. The maximum absolute atomic E-state index is 14.5. The number of esters is 2. The Balaban J connectivity index is 1.57. The van der Waals surface area contributed by atoms with E-state index in [4.69, 9.17) is 14.2 Å². The van der Waals surface area contributed by atoms with E-state index < -0.39 is 23.5 Å². The van der Waals surface area contributed by atoms with Crippen LogP contribution in [0.2, 0.25) is 0 Å². The Bertz CT molecular complexity index is 2080. The molecule has 0 saturated heterocycles. The van der Waals surface area contributed by atoms with Gasteiger partial charge in [-0.2, -0.15) is 0 Å². The third-order valence-electron chi connectivity index (χ3n) is 7.58. The molecule has 1 atom stereocenters. The maximum Gasteiger partial charge on any atom is 0.338 e. The third-order valence-corrected chi connectivity index (χ3v) is 8.64. The number of fused-ring (bicyclic) bond motifs is 2. The van der Waals surface area contributed by atoms with Gasteiger partial charge >= 0.3 is 11.9 Å². The summed E-state index contributed by atoms with van der Waals surface area (Å²) >= 11 is 1.10. The number of allylic oxidation sites excluding steroid dienone is 1. The van der Waals surface area contributed by atoms with Crippen LogP contribution in [0, 0.1) is 0 Å². The van der Waals surface area contributed by atoms with E-state index in [9.17, 15) is 19.2 Å². The quantitative estimate of drug-likeness (QED) is 0.228. The molecule has 0 saturated carbocycles. The second-order valence-corrected chi connectivity index (χ2v) is 11.4. The second kappa shape index (κ2) is 12.0. The number of thiazole rings is 1. The number of anilines is 1. The first-order valence-corrected chi connectivity index (χ1v) is 15.1. The van der Waals surface area contributed by atoms with Crippen molar-refractivity contribution in [2.45, 2.75) is 33.4 Å². The van der Waals surface area contributed by atoms with Crippen LogP contribution in [0.25, 0.3) is 5.57 Å². The molecule has 0 radical (unpaired) electrons. The van der Waals surface area contributed by atoms with Crippen molar-refractivity contribution in [2.24, 2.45) is 4.99 Å². The van der Waals surface area contributed by atoms with Crippen LogP contribution in [-0.4, -0.2) is 36.1 Å². The van der Waals surface area contributed by atoms with Crippen molar-refractivity contribution in [1.29, 1.82) is 0 Å². The summed E-state index contributed by atoms with van der Waals surface area (Å²) in [4.78, 5) is 60.2. The summed E-state index contributed by atoms with van der Waals surface area (Å²) in [6.07, 6.45) is 0. The zero-order chi connectivity index (χ0) is 31.8. The number of ether oxygens (including phenoxy) is 3. The molecular weight excluding hydrogens is 594 g/mol. The summed E-state index contributed by atoms with van der Waals surface area (Å²) < 4.78 is 17.8. The number of nitrogens with zero attached hydrogens (tertiary/aromatic N) is 3. The first kappa shape index (κ1) is 29.8. The Morgan fingerprint density at radius 2 is 1.71 bits per heavy atom. The van der Waals surface area contributed by atoms with Gasteiger partial charge in [-0.1, -0.05) is 65.9 Å². The lowest BCUT2D eigenvalue weighted by Crippen LogP contribution is -2.41. The number of para-hydroxylation sites is 1. The lowest BCUT2D eigenvalue weighted by Gasteiger charge is -2.25. The van der Waals surface area contributed by atoms with Crippen molar-refractivity contribution in [1.82, 2.24) is 4.57 Å². The van der Waals surface area contributed by atoms with Crippen molar-refractivity contribution in [2.75, 3.05) is 18.6 Å². The van der Waals surface area contributed by atoms with Crippen molar-refractivity contribution in [3.63, 3.8) is 0 Å². The average Bonchev–Trinajstić information content (AvgIpc) is 3.49. The highest BCUT2D eigenvalue weighted by atomic mass is 32.1. The topological polar surface area (TPSA) is 117 Å². The standard InChI is InChI=1S/C34H29N3O7S/c1-5-43-33(41)27-19(2)35-34-37(29(27)22-15-16-25(44-20(3)38)26(17-22)42-4)32(40)30(45-34)28-23-13-9-10-14-24(23)36(31(28)39)18-21-11-7-6-8-12-21/h6-17,29H,5,18H2,1-4H3/b30-28-/t29-/m1/s1. The number of benzene rings is 3. The van der Waals surface area contributed by atoms with Crippen molar-refractivity contribution in [3.05, 3.63) is 120 Å². The van der Waals surface area contributed by atoms with E-state index in [2.05, 4.69) is 4.99 Å². The van der Waals surface area contributed by atoms with E-state index in [1.807, 2.05) is 54.6 Å². The third kappa shape index (κ3) is 5.25. The van der Waals surface area contributed by atoms with Crippen molar-refractivity contribution < 1.29 is 28.6 Å². The molecule has 2 aliphatic heterocycles. The fourth-order valence-corrected chi connectivity index (χ4v) is 6.81. The van der Waals surface area contributed by atoms with Crippen LogP contribution >= 0.6 is 11.3 Å². The fourth-order valence-electron chi connectivity index (χ4n) is 5.67. The van der Waals surface area contributed by atoms with E-state index in [-0.39, 0.29) is 39.7 Å². The molecule has 0 unspecified atom stereocenters. The molecule has 0 fully saturated rings. The van der Waals surface area contributed by atoms with Crippen molar-refractivity contribution in [3.8, 4) is 11.5 Å². The molecule has 11 heteroatoms. The Morgan fingerprint density at radius 3 is 2.42 bits per heavy atom. The highest BCUT2D eigenvalue weighted by molar-refractivity contribution is 7.07. The molecule has 3 heterocycles. The van der Waals surface area contributed by atoms with Gasteiger partial charge in [-0.3, -0.25) is 19.0 Å². The van der Waals surface area contributed by atoms with Gasteiger partial charge in [0, 0.05) is 12.5 Å². The first-order valence-electron chi connectivity index (χ1n) is 14.3. The molecule has 0 aliphatic carbocycles. The molecular formula is C34H29N3O7S. The molecule has 4 aromatic rings. The van der Waals surface area contributed by atoms with E-state index in [0.29, 0.717) is 33.9 Å². The van der Waals surface area contributed by atoms with E-state index in [1.165, 1.54) is 18.6 Å². The Kier molecular flexibility index (Phi) is 7.94. The second-order valence-electron chi connectivity index (χ2n) is 10.4. The number of hydrogen-bond donors (Lipinski definition) is 0. The number of hydrogen-bond acceptors (Lipinski definition) is 9. The first-order chi connectivity index (χ1) is 21.7. The minimum Gasteiger partial charge on any atom is -0.493 e. The maximum atomic E-state index is 14.5. The Hall–Kier alpha value is -5.29. The average molecular weight is 624 g/mol. The van der Waals surface area contributed by atoms with Gasteiger partial charge in [0.05, 0.1) is 48.8 Å². The number of rotatable bonds is 7. The molecule has 3 aromatic carbocycles. The SMILES string of the molecule is CCOC(=O)C1=C(C)N=c2s/c(=C3\C(=O)N(Cc4ccccc4)c4ccccc43)c(=O)n2[C@@H]1c1ccc(OC(C)=O)c(OC)c1. The molecule has 10 nitrogen and oxygen atoms in total. The van der Waals surface area contributed by atoms with Crippen LogP contribution in [0.15, 0.2) is 93.9 Å². The molecule has 2 aliphatic rings. The molecule has 45 heavy (non-hydrogen) atoms. The zero-order valence-electron chi connectivity index (χ0n) is 25.0. The summed E-state index contributed by atoms with van der Waals surface area (Å²) in [5.74, 6) is -1.02. The molecule has 228 valence electrons. The van der Waals surface area contributed by atoms with Crippen LogP contribution in [0.3, 0.4) is 0 Å². The lowest BCUT2D eigenvalue weighted by molar-refractivity contribution is -0.139. The molecule has 0 N–H and O–H groups in total. The number of carbonyl (C=O) groups excluding carboxylic acids is 3. The van der Waals surface area contributed by atoms with Crippen LogP contribution in [-0.2, 0) is 25.7 Å². The van der Waals surface area contributed by atoms with Gasteiger partial charge < -0.3 is 19.1 Å². The van der Waals surface area contributed by atoms with Gasteiger partial charge in [0.15, 0.2) is 16.3 Å². The highest BCUT2D eigenvalue weighted by Gasteiger charge is 2.37. The Morgan fingerprint density at radius 1 is 0.978 bits per heavy atom. The fraction of sp³-hybridized carbons (Fsp3) is 0.206. The predicted molar refractivity (Wildman–Crippen MR) is 168 cm³/mol. The zero-order valence-corrected chi connectivity index (χ0v) is 25.8. The predicted octanol–water partition coefficient (Wildman–Crippen LogP) is 3.65. The smallest absolute Gasteiger partial charge is 0.338 e. The van der Waals surface area contributed by atoms with E-state index in [0.717, 1.165) is 16.9 Å². The normalized spacial score (nSPS) is 16.6. The van der Waals surface area contributed by atoms with E-state index >= 15 is 0 Å². The minimum atomic E-state index is -0.956. The molecule has 1 amide bonds. The summed E-state index contributed by atoms with van der Waals surface area (Å²) in [6.45, 7) is 5.11. The van der Waals surface area contributed by atoms with Gasteiger partial charge in [0.2, 0.25) is 0 Å². The largest absolute Gasteiger partial charge is 0.493 e. The van der Waals surface area contributed by atoms with Crippen LogP contribution in [0.1, 0.15) is 43.5 Å². The number of carbonyl (C=O) groups is 3. The summed E-state index contributed by atoms with van der Waals surface area (Å²) in [5, 5.41) is 0. The summed E-state index contributed by atoms with van der Waals surface area (Å²) in [6, 6.07) is 20.9. The van der Waals surface area contributed by atoms with Gasteiger partial charge in [-0.25, -0.2) is 9.79 Å². The van der Waals surface area contributed by atoms with Gasteiger partial charge in [0.25, 0.3) is 11.5 Å². The molecule has 0 spiro atoms. The number of aromatic nitrogens is 1. The molecule has 6 rings (SSSR count). The Labute approximate surface area is 262 Å². The van der Waals surface area contributed by atoms with Gasteiger partial charge in [0.1, 0.15) is 4.53 Å². The summed E-state index contributed by atoms with van der Waals surface area (Å²) in [5.41, 5.74) is 3.17. The van der Waals surface area contributed by atoms with Gasteiger partial charge in [-0.15, -0.1) is 0 Å². The van der Waals surface area contributed by atoms with Crippen LogP contribution in [0.5, 0.6) is 11.5 Å². The molecule has 0 bridgehead atoms. The minimum absolute atomic E-state index is 0.119.